The Balaban J connectivity index is 1.96. The summed E-state index contributed by atoms with van der Waals surface area (Å²) in [5.41, 5.74) is 0. The van der Waals surface area contributed by atoms with Crippen molar-refractivity contribution in [2.24, 2.45) is 0 Å². The number of fused-ring (bicyclic) bond motifs is 1. The standard InChI is InChI=1S/C8H15NS/c1-6-5-9-7-3-2-4-8(7)10-6/h6-9H,2-5H2,1H3. The minimum atomic E-state index is 0.847. The van der Waals surface area contributed by atoms with Crippen LogP contribution in [0.1, 0.15) is 26.2 Å². The summed E-state index contributed by atoms with van der Waals surface area (Å²) in [5, 5.41) is 5.40. The minimum Gasteiger partial charge on any atom is -0.312 e. The van der Waals surface area contributed by atoms with Gasteiger partial charge < -0.3 is 5.32 Å². The van der Waals surface area contributed by atoms with E-state index in [1.807, 2.05) is 0 Å². The molecule has 0 aromatic rings. The van der Waals surface area contributed by atoms with Crippen LogP contribution in [-0.2, 0) is 0 Å². The zero-order chi connectivity index (χ0) is 6.97. The molecular weight excluding hydrogens is 142 g/mol. The Hall–Kier alpha value is 0.310. The van der Waals surface area contributed by atoms with Crippen molar-refractivity contribution >= 4 is 11.8 Å². The highest BCUT2D eigenvalue weighted by Gasteiger charge is 2.32. The van der Waals surface area contributed by atoms with E-state index in [0.29, 0.717) is 0 Å². The second-order valence-electron chi connectivity index (χ2n) is 3.43. The molecule has 0 aromatic carbocycles. The quantitative estimate of drug-likeness (QED) is 0.573. The van der Waals surface area contributed by atoms with Gasteiger partial charge in [-0.2, -0.15) is 11.8 Å². The number of rotatable bonds is 0. The Labute approximate surface area is 67.0 Å². The molecule has 2 heteroatoms. The zero-order valence-electron chi connectivity index (χ0n) is 6.47. The van der Waals surface area contributed by atoms with Gasteiger partial charge in [0.2, 0.25) is 0 Å². The Morgan fingerprint density at radius 1 is 1.40 bits per heavy atom. The van der Waals surface area contributed by atoms with E-state index < -0.39 is 0 Å². The summed E-state index contributed by atoms with van der Waals surface area (Å²) in [4.78, 5) is 0. The van der Waals surface area contributed by atoms with Crippen LogP contribution in [0.3, 0.4) is 0 Å². The Bertz CT molecular complexity index is 126. The molecule has 0 aromatic heterocycles. The van der Waals surface area contributed by atoms with Gasteiger partial charge in [0.05, 0.1) is 0 Å². The third kappa shape index (κ3) is 1.19. The van der Waals surface area contributed by atoms with Crippen LogP contribution in [0, 0.1) is 0 Å². The van der Waals surface area contributed by atoms with Gasteiger partial charge in [0.25, 0.3) is 0 Å². The van der Waals surface area contributed by atoms with Crippen LogP contribution in [0.5, 0.6) is 0 Å². The van der Waals surface area contributed by atoms with Gasteiger partial charge in [-0.15, -0.1) is 0 Å². The molecule has 1 aliphatic heterocycles. The first-order chi connectivity index (χ1) is 4.86. The van der Waals surface area contributed by atoms with Crippen molar-refractivity contribution in [3.63, 3.8) is 0 Å². The molecule has 1 saturated carbocycles. The first kappa shape index (κ1) is 6.99. The molecule has 1 aliphatic carbocycles. The Kier molecular flexibility index (Phi) is 1.92. The van der Waals surface area contributed by atoms with Crippen molar-refractivity contribution < 1.29 is 0 Å². The van der Waals surface area contributed by atoms with Crippen molar-refractivity contribution in [3.05, 3.63) is 0 Å². The number of hydrogen-bond acceptors (Lipinski definition) is 2. The second kappa shape index (κ2) is 2.74. The summed E-state index contributed by atoms with van der Waals surface area (Å²) in [6.45, 7) is 3.55. The molecule has 10 heavy (non-hydrogen) atoms. The predicted octanol–water partition coefficient (Wildman–Crippen LogP) is 1.63. The van der Waals surface area contributed by atoms with E-state index in [4.69, 9.17) is 0 Å². The number of thioether (sulfide) groups is 1. The lowest BCUT2D eigenvalue weighted by molar-refractivity contribution is 0.515. The maximum Gasteiger partial charge on any atom is 0.0204 e. The van der Waals surface area contributed by atoms with E-state index >= 15 is 0 Å². The van der Waals surface area contributed by atoms with Crippen LogP contribution >= 0.6 is 11.8 Å². The normalized spacial score (nSPS) is 47.1. The van der Waals surface area contributed by atoms with Crippen molar-refractivity contribution in [1.82, 2.24) is 5.32 Å². The maximum atomic E-state index is 3.61. The summed E-state index contributed by atoms with van der Waals surface area (Å²) in [6, 6.07) is 0.862. The van der Waals surface area contributed by atoms with Gasteiger partial charge in [0, 0.05) is 23.1 Å². The van der Waals surface area contributed by atoms with Crippen LogP contribution in [0.4, 0.5) is 0 Å². The predicted molar refractivity (Wildman–Crippen MR) is 46.5 cm³/mol. The molecule has 3 unspecified atom stereocenters. The van der Waals surface area contributed by atoms with Crippen LogP contribution in [-0.4, -0.2) is 23.1 Å². The topological polar surface area (TPSA) is 12.0 Å². The largest absolute Gasteiger partial charge is 0.312 e. The van der Waals surface area contributed by atoms with E-state index in [1.165, 1.54) is 25.8 Å². The zero-order valence-corrected chi connectivity index (χ0v) is 7.29. The molecule has 1 heterocycles. The fourth-order valence-electron chi connectivity index (χ4n) is 1.99. The molecule has 2 aliphatic rings. The third-order valence-electron chi connectivity index (χ3n) is 2.53. The van der Waals surface area contributed by atoms with Gasteiger partial charge in [-0.3, -0.25) is 0 Å². The van der Waals surface area contributed by atoms with E-state index in [-0.39, 0.29) is 0 Å². The van der Waals surface area contributed by atoms with Crippen molar-refractivity contribution in [2.45, 2.75) is 42.7 Å². The lowest BCUT2D eigenvalue weighted by Crippen LogP contribution is -2.43. The fraction of sp³-hybridized carbons (Fsp3) is 1.00. The number of nitrogens with one attached hydrogen (secondary N) is 1. The fourth-order valence-corrected chi connectivity index (χ4v) is 3.50. The Morgan fingerprint density at radius 3 is 3.20 bits per heavy atom. The van der Waals surface area contributed by atoms with Gasteiger partial charge in [-0.25, -0.2) is 0 Å². The lowest BCUT2D eigenvalue weighted by atomic mass is 10.2. The smallest absolute Gasteiger partial charge is 0.0204 e. The molecule has 3 atom stereocenters. The van der Waals surface area contributed by atoms with Gasteiger partial charge in [0.15, 0.2) is 0 Å². The molecule has 0 spiro atoms. The van der Waals surface area contributed by atoms with Gasteiger partial charge in [-0.1, -0.05) is 13.3 Å². The summed E-state index contributed by atoms with van der Waals surface area (Å²) in [5.74, 6) is 0. The molecule has 1 saturated heterocycles. The molecule has 58 valence electrons. The highest BCUT2D eigenvalue weighted by atomic mass is 32.2. The maximum absolute atomic E-state index is 3.61. The average Bonchev–Trinajstić information content (AvgIpc) is 2.33. The van der Waals surface area contributed by atoms with E-state index in [9.17, 15) is 0 Å². The van der Waals surface area contributed by atoms with E-state index in [0.717, 1.165) is 16.5 Å². The second-order valence-corrected chi connectivity index (χ2v) is 5.11. The van der Waals surface area contributed by atoms with Crippen molar-refractivity contribution in [2.75, 3.05) is 6.54 Å². The molecule has 0 bridgehead atoms. The molecule has 2 fully saturated rings. The van der Waals surface area contributed by atoms with E-state index in [2.05, 4.69) is 24.0 Å². The Morgan fingerprint density at radius 2 is 2.30 bits per heavy atom. The average molecular weight is 157 g/mol. The van der Waals surface area contributed by atoms with Crippen molar-refractivity contribution in [1.29, 1.82) is 0 Å². The van der Waals surface area contributed by atoms with Gasteiger partial charge >= 0.3 is 0 Å². The molecule has 2 rings (SSSR count). The van der Waals surface area contributed by atoms with Crippen LogP contribution in [0.2, 0.25) is 0 Å². The summed E-state index contributed by atoms with van der Waals surface area (Å²) < 4.78 is 0. The first-order valence-electron chi connectivity index (χ1n) is 4.25. The van der Waals surface area contributed by atoms with Crippen molar-refractivity contribution in [3.8, 4) is 0 Å². The lowest BCUT2D eigenvalue weighted by Gasteiger charge is -2.30. The van der Waals surface area contributed by atoms with Gasteiger partial charge in [0.1, 0.15) is 0 Å². The number of hydrogen-bond donors (Lipinski definition) is 1. The highest BCUT2D eigenvalue weighted by Crippen LogP contribution is 2.35. The molecule has 0 amide bonds. The molecule has 1 nitrogen and oxygen atoms in total. The minimum absolute atomic E-state index is 0.847. The third-order valence-corrected chi connectivity index (χ3v) is 4.07. The molecule has 1 N–H and O–H groups in total. The van der Waals surface area contributed by atoms with Crippen LogP contribution in [0.25, 0.3) is 0 Å². The summed E-state index contributed by atoms with van der Waals surface area (Å²) in [7, 11) is 0. The monoisotopic (exact) mass is 157 g/mol. The SMILES string of the molecule is CC1CNC2CCCC2S1. The summed E-state index contributed by atoms with van der Waals surface area (Å²) in [6.07, 6.45) is 4.32. The molecule has 0 radical (unpaired) electrons. The summed E-state index contributed by atoms with van der Waals surface area (Å²) >= 11 is 2.19. The molecular formula is C8H15NS. The van der Waals surface area contributed by atoms with Crippen LogP contribution < -0.4 is 5.32 Å². The first-order valence-corrected chi connectivity index (χ1v) is 5.19. The highest BCUT2D eigenvalue weighted by molar-refractivity contribution is 8.00. The van der Waals surface area contributed by atoms with Gasteiger partial charge in [-0.05, 0) is 12.8 Å². The van der Waals surface area contributed by atoms with E-state index in [1.54, 1.807) is 0 Å². The van der Waals surface area contributed by atoms with Crippen LogP contribution in [0.15, 0.2) is 0 Å².